The fourth-order valence-electron chi connectivity index (χ4n) is 0.957. The molecule has 4 heteroatoms. The van der Waals surface area contributed by atoms with Crippen LogP contribution < -0.4 is 0 Å². The van der Waals surface area contributed by atoms with E-state index in [-0.39, 0.29) is 16.8 Å². The van der Waals surface area contributed by atoms with E-state index >= 15 is 0 Å². The van der Waals surface area contributed by atoms with Crippen molar-refractivity contribution in [3.05, 3.63) is 0 Å². The Morgan fingerprint density at radius 3 is 2.71 bits per heavy atom. The molecule has 0 radical (unpaired) electrons. The van der Waals surface area contributed by atoms with E-state index in [1.54, 1.807) is 11.8 Å². The zero-order valence-electron chi connectivity index (χ0n) is 9.04. The van der Waals surface area contributed by atoms with E-state index in [1.165, 1.54) is 5.75 Å². The summed E-state index contributed by atoms with van der Waals surface area (Å²) in [4.78, 5) is 11.7. The molecule has 14 heavy (non-hydrogen) atoms. The Morgan fingerprint density at radius 1 is 1.50 bits per heavy atom. The summed E-state index contributed by atoms with van der Waals surface area (Å²) in [5.74, 6) is 3.15. The van der Waals surface area contributed by atoms with Gasteiger partial charge in [-0.05, 0) is 20.3 Å². The number of esters is 1. The van der Waals surface area contributed by atoms with Gasteiger partial charge in [0, 0.05) is 17.3 Å². The van der Waals surface area contributed by atoms with Gasteiger partial charge < -0.3 is 4.74 Å². The molecule has 1 rings (SSSR count). The van der Waals surface area contributed by atoms with Crippen LogP contribution in [-0.4, -0.2) is 28.7 Å². The fourth-order valence-corrected chi connectivity index (χ4v) is 3.33. The molecule has 1 saturated heterocycles. The summed E-state index contributed by atoms with van der Waals surface area (Å²) in [5.41, 5.74) is -0.255. The van der Waals surface area contributed by atoms with E-state index in [2.05, 4.69) is 0 Å². The lowest BCUT2D eigenvalue weighted by Crippen LogP contribution is -2.31. The average Bonchev–Trinajstić information content (AvgIpc) is 2.19. The molecule has 0 aliphatic carbocycles. The first-order chi connectivity index (χ1) is 6.56. The molecular formula is C10H18O2S2. The molecule has 0 aromatic carbocycles. The number of rotatable bonds is 3. The molecule has 1 aliphatic heterocycles. The van der Waals surface area contributed by atoms with Crippen LogP contribution >= 0.6 is 23.5 Å². The minimum absolute atomic E-state index is 0.0556. The molecule has 0 amide bonds. The highest BCUT2D eigenvalue weighted by molar-refractivity contribution is 8.06. The summed E-state index contributed by atoms with van der Waals surface area (Å²) in [6.45, 7) is 5.90. The van der Waals surface area contributed by atoms with E-state index in [0.717, 1.165) is 17.9 Å². The van der Waals surface area contributed by atoms with Crippen molar-refractivity contribution in [3.8, 4) is 0 Å². The van der Waals surface area contributed by atoms with E-state index < -0.39 is 0 Å². The van der Waals surface area contributed by atoms with Gasteiger partial charge in [0.2, 0.25) is 0 Å². The minimum Gasteiger partial charge on any atom is -0.450 e. The summed E-state index contributed by atoms with van der Waals surface area (Å²) >= 11 is 3.62. The molecule has 0 N–H and O–H groups in total. The maximum absolute atomic E-state index is 11.7. The van der Waals surface area contributed by atoms with Crippen LogP contribution in [0.5, 0.6) is 0 Å². The molecule has 0 aromatic rings. The number of carbonyl (C=O) groups excluding carboxylic acids is 1. The Labute approximate surface area is 94.5 Å². The van der Waals surface area contributed by atoms with Crippen LogP contribution in [0, 0.1) is 5.41 Å². The topological polar surface area (TPSA) is 26.3 Å². The number of hydrogen-bond donors (Lipinski definition) is 0. The van der Waals surface area contributed by atoms with Gasteiger partial charge in [-0.2, -0.15) is 11.8 Å². The molecule has 0 saturated carbocycles. The Bertz CT molecular complexity index is 198. The molecule has 82 valence electrons. The highest BCUT2D eigenvalue weighted by Crippen LogP contribution is 2.29. The van der Waals surface area contributed by atoms with Crippen LogP contribution in [0.25, 0.3) is 0 Å². The van der Waals surface area contributed by atoms with Crippen molar-refractivity contribution in [3.63, 3.8) is 0 Å². The first kappa shape index (κ1) is 12.2. The van der Waals surface area contributed by atoms with Crippen molar-refractivity contribution in [2.24, 2.45) is 5.41 Å². The van der Waals surface area contributed by atoms with Crippen LogP contribution in [0.4, 0.5) is 0 Å². The zero-order valence-corrected chi connectivity index (χ0v) is 10.7. The fraction of sp³-hybridized carbons (Fsp3) is 0.900. The summed E-state index contributed by atoms with van der Waals surface area (Å²) in [5, 5.41) is 0. The first-order valence-electron chi connectivity index (χ1n) is 4.96. The summed E-state index contributed by atoms with van der Waals surface area (Å²) < 4.78 is 5.45. The maximum atomic E-state index is 11.7. The van der Waals surface area contributed by atoms with Crippen LogP contribution in [0.15, 0.2) is 0 Å². The quantitative estimate of drug-likeness (QED) is 0.701. The van der Waals surface area contributed by atoms with Crippen molar-refractivity contribution < 1.29 is 9.53 Å². The number of carbonyl (C=O) groups is 1. The lowest BCUT2D eigenvalue weighted by Gasteiger charge is -2.26. The van der Waals surface area contributed by atoms with Gasteiger partial charge in [0.25, 0.3) is 0 Å². The Morgan fingerprint density at radius 2 is 2.21 bits per heavy atom. The number of thioether (sulfide) groups is 2. The van der Waals surface area contributed by atoms with Crippen molar-refractivity contribution >= 4 is 29.5 Å². The van der Waals surface area contributed by atoms with Crippen molar-refractivity contribution in [2.75, 3.05) is 17.3 Å². The summed E-state index contributed by atoms with van der Waals surface area (Å²) in [6, 6.07) is 0. The van der Waals surface area contributed by atoms with Gasteiger partial charge in [-0.3, -0.25) is 4.79 Å². The van der Waals surface area contributed by atoms with Gasteiger partial charge in [-0.15, -0.1) is 11.8 Å². The molecule has 0 aromatic heterocycles. The van der Waals surface area contributed by atoms with E-state index in [0.29, 0.717) is 0 Å². The minimum atomic E-state index is -0.331. The van der Waals surface area contributed by atoms with Gasteiger partial charge in [0.15, 0.2) is 5.44 Å². The largest absolute Gasteiger partial charge is 0.450 e. The normalized spacial score (nSPS) is 23.2. The lowest BCUT2D eigenvalue weighted by atomic mass is 9.91. The van der Waals surface area contributed by atoms with Crippen molar-refractivity contribution in [1.82, 2.24) is 0 Å². The maximum Gasteiger partial charge on any atom is 0.312 e. The highest BCUT2D eigenvalue weighted by atomic mass is 32.2. The summed E-state index contributed by atoms with van der Waals surface area (Å²) in [7, 11) is 0. The van der Waals surface area contributed by atoms with E-state index in [4.69, 9.17) is 4.74 Å². The third-order valence-electron chi connectivity index (χ3n) is 2.46. The predicted octanol–water partition coefficient (Wildman–Crippen LogP) is 2.77. The van der Waals surface area contributed by atoms with Gasteiger partial charge >= 0.3 is 5.97 Å². The molecule has 0 bridgehead atoms. The average molecular weight is 234 g/mol. The van der Waals surface area contributed by atoms with Gasteiger partial charge in [-0.1, -0.05) is 6.92 Å². The van der Waals surface area contributed by atoms with Gasteiger partial charge in [0.05, 0.1) is 5.41 Å². The first-order valence-corrected chi connectivity index (χ1v) is 7.17. The second kappa shape index (κ2) is 5.31. The van der Waals surface area contributed by atoms with E-state index in [1.807, 2.05) is 32.5 Å². The second-order valence-corrected chi connectivity index (χ2v) is 6.44. The SMILES string of the molecule is CCC(C)(C)C(=O)OC1CSCCS1. The molecule has 2 nitrogen and oxygen atoms in total. The molecular weight excluding hydrogens is 216 g/mol. The standard InChI is InChI=1S/C10H18O2S2/c1-4-10(2,3)9(11)12-8-7-13-5-6-14-8/h8H,4-7H2,1-3H3. The molecule has 1 atom stereocenters. The molecule has 1 fully saturated rings. The zero-order chi connectivity index (χ0) is 10.6. The van der Waals surface area contributed by atoms with Crippen LogP contribution in [0.3, 0.4) is 0 Å². The van der Waals surface area contributed by atoms with Crippen LogP contribution in [0.2, 0.25) is 0 Å². The lowest BCUT2D eigenvalue weighted by molar-refractivity contribution is -0.154. The van der Waals surface area contributed by atoms with Crippen molar-refractivity contribution in [1.29, 1.82) is 0 Å². The van der Waals surface area contributed by atoms with E-state index in [9.17, 15) is 4.79 Å². The Hall–Kier alpha value is 0.170. The molecule has 1 unspecified atom stereocenters. The van der Waals surface area contributed by atoms with Gasteiger partial charge in [-0.25, -0.2) is 0 Å². The third-order valence-corrected chi connectivity index (χ3v) is 5.04. The Balaban J connectivity index is 2.39. The second-order valence-electron chi connectivity index (χ2n) is 4.02. The monoisotopic (exact) mass is 234 g/mol. The highest BCUT2D eigenvalue weighted by Gasteiger charge is 2.30. The van der Waals surface area contributed by atoms with Crippen LogP contribution in [-0.2, 0) is 9.53 Å². The van der Waals surface area contributed by atoms with Gasteiger partial charge in [0.1, 0.15) is 0 Å². The number of hydrogen-bond acceptors (Lipinski definition) is 4. The van der Waals surface area contributed by atoms with Crippen molar-refractivity contribution in [2.45, 2.75) is 32.6 Å². The summed E-state index contributed by atoms with van der Waals surface area (Å²) in [6.07, 6.45) is 0.830. The number of ether oxygens (including phenoxy) is 1. The predicted molar refractivity (Wildman–Crippen MR) is 63.7 cm³/mol. The third kappa shape index (κ3) is 3.39. The smallest absolute Gasteiger partial charge is 0.312 e. The molecule has 1 heterocycles. The Kier molecular flexibility index (Phi) is 4.64. The molecule has 1 aliphatic rings. The molecule has 0 spiro atoms. The van der Waals surface area contributed by atoms with Crippen LogP contribution in [0.1, 0.15) is 27.2 Å².